The molecule has 1 unspecified atom stereocenters. The van der Waals surface area contributed by atoms with E-state index in [1.807, 2.05) is 41.3 Å². The number of fused-ring (bicyclic) bond motifs is 2. The molecule has 2 aromatic carbocycles. The van der Waals surface area contributed by atoms with E-state index in [2.05, 4.69) is 64.1 Å². The summed E-state index contributed by atoms with van der Waals surface area (Å²) in [5, 5.41) is 15.8. The molecule has 2 N–H and O–H groups in total. The van der Waals surface area contributed by atoms with Gasteiger partial charge < -0.3 is 24.8 Å². The number of ether oxygens (including phenoxy) is 1. The van der Waals surface area contributed by atoms with E-state index >= 15 is 0 Å². The van der Waals surface area contributed by atoms with E-state index in [1.165, 1.54) is 0 Å². The first-order chi connectivity index (χ1) is 30.4. The molecule has 16 nitrogen and oxygen atoms in total. The number of hydrogen-bond acceptors (Lipinski definition) is 12. The van der Waals surface area contributed by atoms with Crippen LogP contribution in [0.25, 0.3) is 10.9 Å². The monoisotopic (exact) mass is 852 g/mol. The second-order valence-electron chi connectivity index (χ2n) is 17.8. The van der Waals surface area contributed by atoms with Gasteiger partial charge in [-0.3, -0.25) is 39.3 Å². The van der Waals surface area contributed by atoms with Crippen molar-refractivity contribution in [3.8, 4) is 11.8 Å². The van der Waals surface area contributed by atoms with Gasteiger partial charge in [-0.25, -0.2) is 9.78 Å². The third kappa shape index (κ3) is 7.90. The van der Waals surface area contributed by atoms with Crippen LogP contribution in [0.5, 0.6) is 5.75 Å². The molecule has 0 spiro atoms. The van der Waals surface area contributed by atoms with E-state index in [4.69, 9.17) is 9.72 Å². The van der Waals surface area contributed by atoms with Crippen molar-refractivity contribution in [2.45, 2.75) is 109 Å². The predicted octanol–water partition coefficient (Wildman–Crippen LogP) is 5.32. The van der Waals surface area contributed by atoms with Crippen LogP contribution < -0.4 is 25.2 Å². The molecule has 9 rings (SSSR count). The van der Waals surface area contributed by atoms with Crippen LogP contribution in [0.1, 0.15) is 92.5 Å². The summed E-state index contributed by atoms with van der Waals surface area (Å²) >= 11 is 0. The van der Waals surface area contributed by atoms with Gasteiger partial charge in [0.2, 0.25) is 11.8 Å². The highest BCUT2D eigenvalue weighted by molar-refractivity contribution is 6.23. The van der Waals surface area contributed by atoms with Crippen LogP contribution in [0, 0.1) is 11.3 Å². The van der Waals surface area contributed by atoms with Crippen LogP contribution in [0.15, 0.2) is 67.0 Å². The predicted molar refractivity (Wildman–Crippen MR) is 235 cm³/mol. The summed E-state index contributed by atoms with van der Waals surface area (Å²) in [7, 11) is 0. The van der Waals surface area contributed by atoms with Gasteiger partial charge in [0.25, 0.3) is 11.8 Å². The van der Waals surface area contributed by atoms with Gasteiger partial charge in [0.05, 0.1) is 34.1 Å². The number of nitrogens with zero attached hydrogens (tertiary/aromatic N) is 8. The number of piperazine rings is 1. The third-order valence-electron chi connectivity index (χ3n) is 13.4. The maximum atomic E-state index is 13.6. The van der Waals surface area contributed by atoms with Gasteiger partial charge in [0.1, 0.15) is 29.8 Å². The van der Waals surface area contributed by atoms with Gasteiger partial charge in [0.15, 0.2) is 0 Å². The van der Waals surface area contributed by atoms with E-state index in [9.17, 15) is 29.2 Å². The summed E-state index contributed by atoms with van der Waals surface area (Å²) in [6, 6.07) is 18.6. The Hall–Kier alpha value is -6.60. The first-order valence-corrected chi connectivity index (χ1v) is 22.0. The zero-order chi connectivity index (χ0) is 44.1. The molecule has 5 aliphatic rings. The Balaban J connectivity index is 0.751. The first-order valence-electron chi connectivity index (χ1n) is 22.0. The van der Waals surface area contributed by atoms with Crippen LogP contribution in [0.4, 0.5) is 22.0 Å². The molecule has 63 heavy (non-hydrogen) atoms. The van der Waals surface area contributed by atoms with Crippen LogP contribution in [0.2, 0.25) is 0 Å². The van der Waals surface area contributed by atoms with Gasteiger partial charge in [-0.05, 0) is 102 Å². The van der Waals surface area contributed by atoms with Crippen molar-refractivity contribution in [2.24, 2.45) is 0 Å². The van der Waals surface area contributed by atoms with E-state index < -0.39 is 29.7 Å². The van der Waals surface area contributed by atoms with Gasteiger partial charge in [-0.1, -0.05) is 0 Å². The lowest BCUT2D eigenvalue weighted by Gasteiger charge is -2.50. The fraction of sp³-hybridized carbons (Fsp3) is 0.447. The van der Waals surface area contributed by atoms with Gasteiger partial charge >= 0.3 is 6.03 Å². The molecule has 4 aromatic rings. The number of nitrogens with one attached hydrogen (secondary N) is 2. The topological polar surface area (TPSA) is 184 Å². The zero-order valence-electron chi connectivity index (χ0n) is 36.0. The highest BCUT2D eigenvalue weighted by atomic mass is 16.5. The number of benzene rings is 2. The average molecular weight is 853 g/mol. The third-order valence-corrected chi connectivity index (χ3v) is 13.4. The number of piperidine rings is 2. The molecule has 3 saturated heterocycles. The molecule has 4 aliphatic heterocycles. The van der Waals surface area contributed by atoms with Crippen molar-refractivity contribution in [1.29, 1.82) is 5.26 Å². The lowest BCUT2D eigenvalue weighted by atomic mass is 9.84. The molecule has 0 bridgehead atoms. The number of hydrogen-bond donors (Lipinski definition) is 2. The number of urea groups is 1. The Labute approximate surface area is 366 Å². The van der Waals surface area contributed by atoms with Gasteiger partial charge in [0, 0.05) is 92.9 Å². The Bertz CT molecular complexity index is 2510. The quantitative estimate of drug-likeness (QED) is 0.207. The number of pyridine rings is 2. The number of rotatable bonds is 9. The van der Waals surface area contributed by atoms with Crippen LogP contribution in [0.3, 0.4) is 0 Å². The number of imide groups is 2. The maximum Gasteiger partial charge on any atom is 0.322 e. The Morgan fingerprint density at radius 3 is 2.41 bits per heavy atom. The summed E-state index contributed by atoms with van der Waals surface area (Å²) < 4.78 is 6.33. The van der Waals surface area contributed by atoms with E-state index in [1.54, 1.807) is 30.6 Å². The van der Waals surface area contributed by atoms with Crippen molar-refractivity contribution >= 4 is 57.8 Å². The fourth-order valence-electron chi connectivity index (χ4n) is 10.2. The number of anilines is 3. The standard InChI is InChI=1S/C47H52N10O6/c1-27(2)56(33-20-35(21-33)63-34-9-10-36-38(22-34)46(61)57(45(36)60)40-12-14-42(58)52-44(40)59)32-15-18-53(19-16-32)41-13-8-31(24-50-41)51-47(62)55-26-28(3)54(25-29(55)4)39-11-7-30(23-48)43-37(39)6-5-17-49-43/h5-11,13,17,22,24,27-29,32-33,35,40H,12,14-16,18-21,25-26H2,1-4H3,(H,51,62)(H,52,58,59)/t28-,29+,33-,35-,40?/m0/s1. The molecule has 6 heterocycles. The normalized spacial score (nSPS) is 24.1. The minimum atomic E-state index is -1.01. The average Bonchev–Trinajstić information content (AvgIpc) is 3.51. The largest absolute Gasteiger partial charge is 0.490 e. The summed E-state index contributed by atoms with van der Waals surface area (Å²) in [4.78, 5) is 83.4. The number of aromatic nitrogens is 2. The zero-order valence-corrected chi connectivity index (χ0v) is 36.0. The van der Waals surface area contributed by atoms with E-state index in [0.717, 1.165) is 60.6 Å². The van der Waals surface area contributed by atoms with Crippen LogP contribution >= 0.6 is 0 Å². The molecule has 4 fully saturated rings. The lowest BCUT2D eigenvalue weighted by Crippen LogP contribution is -2.59. The summed E-state index contributed by atoms with van der Waals surface area (Å²) in [6.45, 7) is 11.5. The number of nitriles is 1. The van der Waals surface area contributed by atoms with Crippen molar-refractivity contribution in [2.75, 3.05) is 41.3 Å². The SMILES string of the molecule is CC(C)N(C1CCN(c2ccc(NC(=O)N3C[C@H](C)N(c4ccc(C#N)c5ncccc45)C[C@H]3C)cn2)CC1)[C@H]1C[C@H](Oc2ccc3c(c2)C(=O)N(C2CCC(=O)NC2=O)C3=O)C1. The Morgan fingerprint density at radius 2 is 1.70 bits per heavy atom. The van der Waals surface area contributed by atoms with E-state index in [0.29, 0.717) is 53.7 Å². The van der Waals surface area contributed by atoms with Crippen molar-refractivity contribution < 1.29 is 28.7 Å². The Kier molecular flexibility index (Phi) is 11.2. The minimum Gasteiger partial charge on any atom is -0.490 e. The molecule has 16 heteroatoms. The highest BCUT2D eigenvalue weighted by Gasteiger charge is 2.45. The van der Waals surface area contributed by atoms with E-state index in [-0.39, 0.29) is 48.2 Å². The minimum absolute atomic E-state index is 0.0281. The molecular formula is C47H52N10O6. The van der Waals surface area contributed by atoms with Gasteiger partial charge in [-0.2, -0.15) is 5.26 Å². The lowest BCUT2D eigenvalue weighted by molar-refractivity contribution is -0.136. The summed E-state index contributed by atoms with van der Waals surface area (Å²) in [5.74, 6) is -0.717. The molecule has 3 atom stereocenters. The van der Waals surface area contributed by atoms with Crippen molar-refractivity contribution in [3.63, 3.8) is 0 Å². The smallest absolute Gasteiger partial charge is 0.322 e. The first kappa shape index (κ1) is 41.7. The fourth-order valence-corrected chi connectivity index (χ4v) is 10.2. The molecule has 1 saturated carbocycles. The molecule has 2 aromatic heterocycles. The second-order valence-corrected chi connectivity index (χ2v) is 17.8. The molecule has 1 aliphatic carbocycles. The summed E-state index contributed by atoms with van der Waals surface area (Å²) in [6.07, 6.45) is 7.26. The van der Waals surface area contributed by atoms with Crippen molar-refractivity contribution in [3.05, 3.63) is 83.7 Å². The highest BCUT2D eigenvalue weighted by Crippen LogP contribution is 2.37. The van der Waals surface area contributed by atoms with Crippen LogP contribution in [-0.4, -0.2) is 123 Å². The molecule has 6 amide bonds. The van der Waals surface area contributed by atoms with Crippen LogP contribution in [-0.2, 0) is 9.59 Å². The van der Waals surface area contributed by atoms with Crippen molar-refractivity contribution in [1.82, 2.24) is 30.0 Å². The number of carbonyl (C=O) groups excluding carboxylic acids is 5. The van der Waals surface area contributed by atoms with Gasteiger partial charge in [-0.15, -0.1) is 0 Å². The molecule has 326 valence electrons. The number of amides is 6. The summed E-state index contributed by atoms with van der Waals surface area (Å²) in [5.41, 5.74) is 3.33. The second kappa shape index (κ2) is 16.9. The molecular weight excluding hydrogens is 801 g/mol. The molecule has 0 radical (unpaired) electrons. The maximum absolute atomic E-state index is 13.6. The Morgan fingerprint density at radius 1 is 0.921 bits per heavy atom. The number of carbonyl (C=O) groups is 5.